The minimum Gasteiger partial charge on any atom is -0.495 e. The zero-order chi connectivity index (χ0) is 24.2. The summed E-state index contributed by atoms with van der Waals surface area (Å²) in [7, 11) is 1.57. The Bertz CT molecular complexity index is 1200. The number of anilines is 1. The van der Waals surface area contributed by atoms with Crippen molar-refractivity contribution in [3.8, 4) is 17.2 Å². The van der Waals surface area contributed by atoms with Crippen molar-refractivity contribution in [2.45, 2.75) is 33.2 Å². The Labute approximate surface area is 203 Å². The van der Waals surface area contributed by atoms with Gasteiger partial charge in [0, 0.05) is 19.5 Å². The fraction of sp³-hybridized carbons (Fsp3) is 0.360. The summed E-state index contributed by atoms with van der Waals surface area (Å²) in [6.07, 6.45) is 0.901. The lowest BCUT2D eigenvalue weighted by atomic mass is 10.1. The molecule has 8 nitrogen and oxygen atoms in total. The van der Waals surface area contributed by atoms with Crippen LogP contribution >= 0.6 is 11.6 Å². The molecule has 1 aliphatic rings. The monoisotopic (exact) mass is 482 g/mol. The highest BCUT2D eigenvalue weighted by Gasteiger charge is 2.38. The summed E-state index contributed by atoms with van der Waals surface area (Å²) in [5.74, 6) is 0.557. The van der Waals surface area contributed by atoms with Gasteiger partial charge in [-0.25, -0.2) is 0 Å². The molecule has 0 radical (unpaired) electrons. The highest BCUT2D eigenvalue weighted by atomic mass is 35.5. The molecule has 1 atom stereocenters. The second kappa shape index (κ2) is 10.3. The maximum Gasteiger partial charge on any atom is 0.249 e. The van der Waals surface area contributed by atoms with Gasteiger partial charge in [0.2, 0.25) is 23.6 Å². The SMILES string of the molecule is CCCN(Cc1nnc(-c2ccccc2Cl)o1)C(=O)C1CC(=O)N(c2cc(C)ccc2OC)C1. The molecule has 9 heteroatoms. The molecular formula is C25H27ClN4O4. The number of ether oxygens (including phenoxy) is 1. The zero-order valence-electron chi connectivity index (χ0n) is 19.5. The number of nitrogens with zero attached hydrogens (tertiary/aromatic N) is 4. The average molecular weight is 483 g/mol. The Hall–Kier alpha value is -3.39. The predicted octanol–water partition coefficient (Wildman–Crippen LogP) is 4.50. The summed E-state index contributed by atoms with van der Waals surface area (Å²) in [6.45, 7) is 4.93. The van der Waals surface area contributed by atoms with Crippen molar-refractivity contribution in [2.24, 2.45) is 5.92 Å². The van der Waals surface area contributed by atoms with Crippen LogP contribution < -0.4 is 9.64 Å². The smallest absolute Gasteiger partial charge is 0.249 e. The molecule has 3 aromatic rings. The van der Waals surface area contributed by atoms with Gasteiger partial charge < -0.3 is 19.0 Å². The van der Waals surface area contributed by atoms with E-state index in [2.05, 4.69) is 10.2 Å². The van der Waals surface area contributed by atoms with E-state index in [4.69, 9.17) is 20.8 Å². The first-order chi connectivity index (χ1) is 16.4. The molecular weight excluding hydrogens is 456 g/mol. The molecule has 1 fully saturated rings. The van der Waals surface area contributed by atoms with Gasteiger partial charge >= 0.3 is 0 Å². The van der Waals surface area contributed by atoms with Gasteiger partial charge in [0.1, 0.15) is 5.75 Å². The molecule has 0 bridgehead atoms. The largest absolute Gasteiger partial charge is 0.495 e. The second-order valence-corrected chi connectivity index (χ2v) is 8.73. The van der Waals surface area contributed by atoms with Gasteiger partial charge in [0.05, 0.1) is 35.8 Å². The molecule has 34 heavy (non-hydrogen) atoms. The molecule has 2 heterocycles. The van der Waals surface area contributed by atoms with Crippen LogP contribution in [0.25, 0.3) is 11.5 Å². The van der Waals surface area contributed by atoms with E-state index in [9.17, 15) is 9.59 Å². The van der Waals surface area contributed by atoms with Crippen LogP contribution in [-0.4, -0.2) is 47.1 Å². The Morgan fingerprint density at radius 1 is 1.26 bits per heavy atom. The average Bonchev–Trinajstić information content (AvgIpc) is 3.45. The van der Waals surface area contributed by atoms with E-state index in [1.54, 1.807) is 29.0 Å². The Kier molecular flexibility index (Phi) is 7.17. The molecule has 0 saturated carbocycles. The van der Waals surface area contributed by atoms with Crippen LogP contribution in [0, 0.1) is 12.8 Å². The molecule has 2 aromatic carbocycles. The number of halogens is 1. The van der Waals surface area contributed by atoms with E-state index in [1.165, 1.54) is 0 Å². The highest BCUT2D eigenvalue weighted by molar-refractivity contribution is 6.33. The molecule has 1 unspecified atom stereocenters. The van der Waals surface area contributed by atoms with Crippen molar-refractivity contribution < 1.29 is 18.7 Å². The number of hydrogen-bond acceptors (Lipinski definition) is 6. The van der Waals surface area contributed by atoms with E-state index in [-0.39, 0.29) is 24.8 Å². The Balaban J connectivity index is 1.50. The van der Waals surface area contributed by atoms with E-state index in [0.29, 0.717) is 46.9 Å². The minimum atomic E-state index is -0.463. The standard InChI is InChI=1S/C25H27ClN4O4/c1-4-11-29(15-22-27-28-24(34-22)18-7-5-6-8-19(18)26)25(32)17-13-23(31)30(14-17)20-12-16(2)9-10-21(20)33-3/h5-10,12,17H,4,11,13-15H2,1-3H3. The first-order valence-electron chi connectivity index (χ1n) is 11.2. The lowest BCUT2D eigenvalue weighted by Crippen LogP contribution is -2.37. The summed E-state index contributed by atoms with van der Waals surface area (Å²) in [6, 6.07) is 12.9. The number of hydrogen-bond donors (Lipinski definition) is 0. The summed E-state index contributed by atoms with van der Waals surface area (Å²) in [5.41, 5.74) is 2.34. The van der Waals surface area contributed by atoms with Crippen molar-refractivity contribution >= 4 is 29.1 Å². The number of aryl methyl sites for hydroxylation is 1. The predicted molar refractivity (Wildman–Crippen MR) is 129 cm³/mol. The number of carbonyl (C=O) groups excluding carboxylic acids is 2. The molecule has 0 aliphatic carbocycles. The van der Waals surface area contributed by atoms with Gasteiger partial charge in [-0.05, 0) is 43.2 Å². The van der Waals surface area contributed by atoms with E-state index in [1.807, 2.05) is 44.2 Å². The third kappa shape index (κ3) is 4.92. The van der Waals surface area contributed by atoms with Crippen LogP contribution in [0.1, 0.15) is 31.2 Å². The van der Waals surface area contributed by atoms with Gasteiger partial charge in [-0.2, -0.15) is 0 Å². The molecule has 178 valence electrons. The number of methoxy groups -OCH3 is 1. The molecule has 1 aliphatic heterocycles. The molecule has 0 N–H and O–H groups in total. The van der Waals surface area contributed by atoms with Gasteiger partial charge in [-0.1, -0.05) is 36.7 Å². The topological polar surface area (TPSA) is 88.8 Å². The highest BCUT2D eigenvalue weighted by Crippen LogP contribution is 2.34. The third-order valence-corrected chi connectivity index (χ3v) is 6.13. The van der Waals surface area contributed by atoms with Gasteiger partial charge in [-0.15, -0.1) is 10.2 Å². The van der Waals surface area contributed by atoms with E-state index >= 15 is 0 Å². The normalized spacial score (nSPS) is 15.6. The van der Waals surface area contributed by atoms with Gasteiger partial charge in [-0.3, -0.25) is 9.59 Å². The fourth-order valence-corrected chi connectivity index (χ4v) is 4.35. The third-order valence-electron chi connectivity index (χ3n) is 5.80. The van der Waals surface area contributed by atoms with Gasteiger partial charge in [0.15, 0.2) is 0 Å². The maximum atomic E-state index is 13.4. The van der Waals surface area contributed by atoms with Crippen LogP contribution in [0.5, 0.6) is 5.75 Å². The Morgan fingerprint density at radius 2 is 2.06 bits per heavy atom. The van der Waals surface area contributed by atoms with Crippen molar-refractivity contribution in [3.63, 3.8) is 0 Å². The minimum absolute atomic E-state index is 0.0995. The van der Waals surface area contributed by atoms with Crippen LogP contribution in [0.4, 0.5) is 5.69 Å². The van der Waals surface area contributed by atoms with Crippen LogP contribution in [0.2, 0.25) is 5.02 Å². The second-order valence-electron chi connectivity index (χ2n) is 8.32. The van der Waals surface area contributed by atoms with Crippen LogP contribution in [0.3, 0.4) is 0 Å². The lowest BCUT2D eigenvalue weighted by molar-refractivity contribution is -0.136. The number of carbonyl (C=O) groups is 2. The first-order valence-corrected chi connectivity index (χ1v) is 11.6. The number of amides is 2. The summed E-state index contributed by atoms with van der Waals surface area (Å²) < 4.78 is 11.2. The Morgan fingerprint density at radius 3 is 2.79 bits per heavy atom. The molecule has 1 aromatic heterocycles. The molecule has 4 rings (SSSR count). The fourth-order valence-electron chi connectivity index (χ4n) is 4.14. The summed E-state index contributed by atoms with van der Waals surface area (Å²) >= 11 is 6.23. The van der Waals surface area contributed by atoms with Crippen LogP contribution in [-0.2, 0) is 16.1 Å². The lowest BCUT2D eigenvalue weighted by Gasteiger charge is -2.24. The first kappa shape index (κ1) is 23.8. The number of aromatic nitrogens is 2. The molecule has 0 spiro atoms. The number of benzene rings is 2. The quantitative estimate of drug-likeness (QED) is 0.469. The zero-order valence-corrected chi connectivity index (χ0v) is 20.2. The molecule has 1 saturated heterocycles. The van der Waals surface area contributed by atoms with E-state index < -0.39 is 5.92 Å². The van der Waals surface area contributed by atoms with Crippen molar-refractivity contribution in [1.29, 1.82) is 0 Å². The summed E-state index contributed by atoms with van der Waals surface area (Å²) in [4.78, 5) is 29.6. The van der Waals surface area contributed by atoms with Gasteiger partial charge in [0.25, 0.3) is 0 Å². The van der Waals surface area contributed by atoms with Crippen molar-refractivity contribution in [2.75, 3.05) is 25.1 Å². The maximum absolute atomic E-state index is 13.4. The summed E-state index contributed by atoms with van der Waals surface area (Å²) in [5, 5.41) is 8.71. The van der Waals surface area contributed by atoms with E-state index in [0.717, 1.165) is 12.0 Å². The number of rotatable bonds is 8. The molecule has 2 amide bonds. The van der Waals surface area contributed by atoms with Crippen LogP contribution in [0.15, 0.2) is 46.9 Å². The van der Waals surface area contributed by atoms with Crippen molar-refractivity contribution in [3.05, 3.63) is 58.9 Å². The van der Waals surface area contributed by atoms with Crippen molar-refractivity contribution in [1.82, 2.24) is 15.1 Å².